The highest BCUT2D eigenvalue weighted by molar-refractivity contribution is 5.79. The van der Waals surface area contributed by atoms with E-state index in [2.05, 4.69) is 17.4 Å². The second-order valence-corrected chi connectivity index (χ2v) is 7.27. The Balaban J connectivity index is 1.29. The second kappa shape index (κ2) is 10.0. The minimum Gasteiger partial charge on any atom is -0.356 e. The Morgan fingerprint density at radius 3 is 2.64 bits per heavy atom. The molecule has 0 bridgehead atoms. The molecule has 4 nitrogen and oxygen atoms in total. The number of rotatable bonds is 8. The summed E-state index contributed by atoms with van der Waals surface area (Å²) in [4.78, 5) is 26.2. The molecule has 2 aromatic carbocycles. The Bertz CT molecular complexity index is 822. The summed E-state index contributed by atoms with van der Waals surface area (Å²) >= 11 is 0. The minimum atomic E-state index is -0.233. The third-order valence-corrected chi connectivity index (χ3v) is 5.13. The van der Waals surface area contributed by atoms with E-state index in [4.69, 9.17) is 0 Å². The van der Waals surface area contributed by atoms with Crippen LogP contribution in [-0.4, -0.2) is 29.8 Å². The van der Waals surface area contributed by atoms with Crippen LogP contribution in [0.4, 0.5) is 4.39 Å². The minimum absolute atomic E-state index is 0.0315. The molecule has 28 heavy (non-hydrogen) atoms. The number of benzene rings is 2. The van der Waals surface area contributed by atoms with Crippen molar-refractivity contribution in [3.63, 3.8) is 0 Å². The molecule has 3 rings (SSSR count). The predicted octanol–water partition coefficient (Wildman–Crippen LogP) is 3.63. The van der Waals surface area contributed by atoms with Gasteiger partial charge >= 0.3 is 0 Å². The number of halogens is 1. The number of carbonyl (C=O) groups is 2. The molecule has 0 atom stereocenters. The Morgan fingerprint density at radius 1 is 1.00 bits per heavy atom. The van der Waals surface area contributed by atoms with Gasteiger partial charge in [0, 0.05) is 32.5 Å². The normalized spacial score (nSPS) is 13.1. The second-order valence-electron chi connectivity index (χ2n) is 7.27. The van der Waals surface area contributed by atoms with Crippen LogP contribution in [0.1, 0.15) is 42.4 Å². The summed E-state index contributed by atoms with van der Waals surface area (Å²) in [6.45, 7) is 1.98. The number of fused-ring (bicyclic) bond motifs is 1. The zero-order valence-corrected chi connectivity index (χ0v) is 16.1. The van der Waals surface area contributed by atoms with Crippen molar-refractivity contribution in [2.75, 3.05) is 13.1 Å². The van der Waals surface area contributed by atoms with Gasteiger partial charge in [-0.05, 0) is 54.5 Å². The lowest BCUT2D eigenvalue weighted by Crippen LogP contribution is -2.36. The molecular formula is C23H27FN2O2. The Kier molecular flexibility index (Phi) is 7.18. The molecule has 148 valence electrons. The van der Waals surface area contributed by atoms with Crippen LogP contribution in [0.15, 0.2) is 48.5 Å². The van der Waals surface area contributed by atoms with Gasteiger partial charge in [-0.2, -0.15) is 0 Å². The van der Waals surface area contributed by atoms with Crippen molar-refractivity contribution in [1.82, 2.24) is 10.2 Å². The van der Waals surface area contributed by atoms with Gasteiger partial charge in [-0.1, -0.05) is 36.4 Å². The van der Waals surface area contributed by atoms with Crippen LogP contribution in [0.5, 0.6) is 0 Å². The van der Waals surface area contributed by atoms with Crippen molar-refractivity contribution >= 4 is 11.8 Å². The van der Waals surface area contributed by atoms with E-state index in [1.54, 1.807) is 6.07 Å². The maximum atomic E-state index is 13.1. The Hall–Kier alpha value is -2.69. The zero-order valence-electron chi connectivity index (χ0n) is 16.1. The van der Waals surface area contributed by atoms with Crippen molar-refractivity contribution < 1.29 is 14.0 Å². The van der Waals surface area contributed by atoms with Crippen LogP contribution in [0.25, 0.3) is 0 Å². The lowest BCUT2D eigenvalue weighted by molar-refractivity contribution is -0.132. The molecule has 2 amide bonds. The standard InChI is InChI=1S/C23H27FN2O2/c24-21-10-3-6-18(16-21)7-5-14-25-22(27)11-4-12-23(28)26-15-13-19-8-1-2-9-20(19)17-26/h1-3,6,8-10,16H,4-5,7,11-15,17H2,(H,25,27). The number of amides is 2. The predicted molar refractivity (Wildman–Crippen MR) is 107 cm³/mol. The summed E-state index contributed by atoms with van der Waals surface area (Å²) in [6.07, 6.45) is 3.71. The average molecular weight is 382 g/mol. The van der Waals surface area contributed by atoms with Gasteiger partial charge < -0.3 is 10.2 Å². The van der Waals surface area contributed by atoms with Gasteiger partial charge in [-0.3, -0.25) is 9.59 Å². The molecule has 1 aliphatic rings. The van der Waals surface area contributed by atoms with E-state index >= 15 is 0 Å². The first kappa shape index (κ1) is 20.1. The van der Waals surface area contributed by atoms with Crippen LogP contribution in [0.3, 0.4) is 0 Å². The molecule has 0 aliphatic carbocycles. The molecule has 1 heterocycles. The van der Waals surface area contributed by atoms with E-state index in [0.29, 0.717) is 32.4 Å². The molecule has 1 aliphatic heterocycles. The lowest BCUT2D eigenvalue weighted by Gasteiger charge is -2.29. The SMILES string of the molecule is O=C(CCCC(=O)N1CCc2ccccc2C1)NCCCc1cccc(F)c1. The van der Waals surface area contributed by atoms with Gasteiger partial charge in [0.15, 0.2) is 0 Å². The Morgan fingerprint density at radius 2 is 1.82 bits per heavy atom. The van der Waals surface area contributed by atoms with E-state index in [-0.39, 0.29) is 17.6 Å². The zero-order chi connectivity index (χ0) is 19.8. The van der Waals surface area contributed by atoms with Crippen molar-refractivity contribution in [2.45, 2.75) is 45.1 Å². The maximum absolute atomic E-state index is 13.1. The van der Waals surface area contributed by atoms with E-state index in [0.717, 1.165) is 31.4 Å². The fourth-order valence-corrected chi connectivity index (χ4v) is 3.57. The van der Waals surface area contributed by atoms with E-state index < -0.39 is 0 Å². The fraction of sp³-hybridized carbons (Fsp3) is 0.391. The summed E-state index contributed by atoms with van der Waals surface area (Å²) in [5, 5.41) is 2.88. The quantitative estimate of drug-likeness (QED) is 0.709. The van der Waals surface area contributed by atoms with Crippen molar-refractivity contribution in [2.24, 2.45) is 0 Å². The smallest absolute Gasteiger partial charge is 0.222 e. The first-order valence-electron chi connectivity index (χ1n) is 9.97. The summed E-state index contributed by atoms with van der Waals surface area (Å²) in [5.41, 5.74) is 3.48. The topological polar surface area (TPSA) is 49.4 Å². The number of nitrogens with zero attached hydrogens (tertiary/aromatic N) is 1. The van der Waals surface area contributed by atoms with Gasteiger partial charge in [-0.15, -0.1) is 0 Å². The van der Waals surface area contributed by atoms with Gasteiger partial charge in [0.1, 0.15) is 5.82 Å². The molecule has 5 heteroatoms. The summed E-state index contributed by atoms with van der Waals surface area (Å²) in [7, 11) is 0. The fourth-order valence-electron chi connectivity index (χ4n) is 3.57. The number of hydrogen-bond acceptors (Lipinski definition) is 2. The van der Waals surface area contributed by atoms with Gasteiger partial charge in [0.2, 0.25) is 11.8 Å². The van der Waals surface area contributed by atoms with Crippen molar-refractivity contribution in [3.05, 3.63) is 71.0 Å². The third-order valence-electron chi connectivity index (χ3n) is 5.13. The highest BCUT2D eigenvalue weighted by Crippen LogP contribution is 2.19. The van der Waals surface area contributed by atoms with Crippen LogP contribution in [-0.2, 0) is 29.0 Å². The number of nitrogens with one attached hydrogen (secondary N) is 1. The summed E-state index contributed by atoms with van der Waals surface area (Å²) in [6, 6.07) is 14.8. The molecule has 2 aromatic rings. The molecule has 0 spiro atoms. The highest BCUT2D eigenvalue weighted by atomic mass is 19.1. The molecule has 0 radical (unpaired) electrons. The summed E-state index contributed by atoms with van der Waals surface area (Å²) < 4.78 is 13.1. The highest BCUT2D eigenvalue weighted by Gasteiger charge is 2.20. The molecule has 1 N–H and O–H groups in total. The first-order chi connectivity index (χ1) is 13.6. The molecule has 0 saturated carbocycles. The lowest BCUT2D eigenvalue weighted by atomic mass is 9.99. The molecule has 0 fully saturated rings. The van der Waals surface area contributed by atoms with Gasteiger partial charge in [0.25, 0.3) is 0 Å². The van der Waals surface area contributed by atoms with Gasteiger partial charge in [-0.25, -0.2) is 4.39 Å². The molecular weight excluding hydrogens is 355 g/mol. The molecule has 0 unspecified atom stereocenters. The average Bonchev–Trinajstić information content (AvgIpc) is 2.71. The number of hydrogen-bond donors (Lipinski definition) is 1. The van der Waals surface area contributed by atoms with E-state index in [1.807, 2.05) is 23.1 Å². The largest absolute Gasteiger partial charge is 0.356 e. The van der Waals surface area contributed by atoms with Crippen molar-refractivity contribution in [1.29, 1.82) is 0 Å². The van der Waals surface area contributed by atoms with Crippen LogP contribution in [0, 0.1) is 5.82 Å². The van der Waals surface area contributed by atoms with Crippen LogP contribution < -0.4 is 5.32 Å². The molecule has 0 aromatic heterocycles. The maximum Gasteiger partial charge on any atom is 0.222 e. The number of aryl methyl sites for hydroxylation is 1. The Labute approximate surface area is 165 Å². The van der Waals surface area contributed by atoms with Gasteiger partial charge in [0.05, 0.1) is 0 Å². The number of carbonyl (C=O) groups excluding carboxylic acids is 2. The summed E-state index contributed by atoms with van der Waals surface area (Å²) in [5.74, 6) is -0.146. The molecule has 0 saturated heterocycles. The van der Waals surface area contributed by atoms with Crippen LogP contribution in [0.2, 0.25) is 0 Å². The first-order valence-corrected chi connectivity index (χ1v) is 9.97. The monoisotopic (exact) mass is 382 g/mol. The van der Waals surface area contributed by atoms with E-state index in [9.17, 15) is 14.0 Å². The van der Waals surface area contributed by atoms with Crippen LogP contribution >= 0.6 is 0 Å². The third kappa shape index (κ3) is 5.91. The van der Waals surface area contributed by atoms with Crippen molar-refractivity contribution in [3.8, 4) is 0 Å². The van der Waals surface area contributed by atoms with E-state index in [1.165, 1.54) is 23.3 Å².